The minimum atomic E-state index is -5.24. The van der Waals surface area contributed by atoms with Crippen LogP contribution in [-0.4, -0.2) is 29.5 Å². The Labute approximate surface area is 118 Å². The molecule has 0 unspecified atom stereocenters. The summed E-state index contributed by atoms with van der Waals surface area (Å²) in [6, 6.07) is 4.68. The van der Waals surface area contributed by atoms with E-state index in [1.54, 1.807) is 0 Å². The molecule has 1 N–H and O–H groups in total. The summed E-state index contributed by atoms with van der Waals surface area (Å²) in [5.74, 6) is -2.48. The van der Waals surface area contributed by atoms with E-state index in [-0.39, 0.29) is 17.7 Å². The van der Waals surface area contributed by atoms with Gasteiger partial charge in [-0.15, -0.1) is 0 Å². The summed E-state index contributed by atoms with van der Waals surface area (Å²) < 4.78 is 56.2. The van der Waals surface area contributed by atoms with Crippen LogP contribution in [0.3, 0.4) is 0 Å². The average molecular weight is 306 g/mol. The van der Waals surface area contributed by atoms with Gasteiger partial charge >= 0.3 is 12.1 Å². The molecule has 1 rings (SSSR count). The topological polar surface area (TPSA) is 46.5 Å². The van der Waals surface area contributed by atoms with E-state index in [1.165, 1.54) is 19.1 Å². The number of hydrogen-bond acceptors (Lipinski definition) is 3. The molecule has 0 aliphatic heterocycles. The SMILES string of the molecule is C=C(C[C@@](O)(C(=O)OCC)C(F)(F)F)c1cccc(F)c1. The van der Waals surface area contributed by atoms with E-state index < -0.39 is 30.0 Å². The van der Waals surface area contributed by atoms with Crippen LogP contribution in [0.5, 0.6) is 0 Å². The molecule has 0 radical (unpaired) electrons. The minimum Gasteiger partial charge on any atom is -0.464 e. The van der Waals surface area contributed by atoms with Gasteiger partial charge in [0.15, 0.2) is 0 Å². The Kier molecular flexibility index (Phi) is 5.11. The van der Waals surface area contributed by atoms with Gasteiger partial charge in [0, 0.05) is 6.42 Å². The third-order valence-corrected chi connectivity index (χ3v) is 2.78. The van der Waals surface area contributed by atoms with Crippen molar-refractivity contribution in [1.82, 2.24) is 0 Å². The third kappa shape index (κ3) is 3.81. The number of carbonyl (C=O) groups excluding carboxylic acids is 1. The first kappa shape index (κ1) is 17.2. The number of esters is 1. The molecule has 0 aliphatic rings. The highest BCUT2D eigenvalue weighted by Gasteiger charge is 2.60. The number of hydrogen-bond donors (Lipinski definition) is 1. The fraction of sp³-hybridized carbons (Fsp3) is 0.357. The van der Waals surface area contributed by atoms with Crippen LogP contribution in [0.25, 0.3) is 5.57 Å². The maximum absolute atomic E-state index is 13.1. The lowest BCUT2D eigenvalue weighted by Crippen LogP contribution is -2.53. The molecule has 1 aromatic carbocycles. The van der Waals surface area contributed by atoms with Crippen LogP contribution in [0.2, 0.25) is 0 Å². The number of alkyl halides is 3. The summed E-state index contributed by atoms with van der Waals surface area (Å²) >= 11 is 0. The van der Waals surface area contributed by atoms with Gasteiger partial charge in [0.2, 0.25) is 0 Å². The number of benzene rings is 1. The van der Waals surface area contributed by atoms with E-state index in [1.807, 2.05) is 0 Å². The maximum Gasteiger partial charge on any atom is 0.428 e. The molecule has 0 heterocycles. The number of rotatable bonds is 5. The zero-order chi connectivity index (χ0) is 16.3. The Hall–Kier alpha value is -1.89. The molecule has 3 nitrogen and oxygen atoms in total. The van der Waals surface area contributed by atoms with Crippen molar-refractivity contribution in [3.63, 3.8) is 0 Å². The molecule has 0 amide bonds. The summed E-state index contributed by atoms with van der Waals surface area (Å²) in [6.07, 6.45) is -6.38. The van der Waals surface area contributed by atoms with Crippen molar-refractivity contribution < 1.29 is 32.2 Å². The molecule has 0 aliphatic carbocycles. The van der Waals surface area contributed by atoms with Crippen molar-refractivity contribution in [2.24, 2.45) is 0 Å². The van der Waals surface area contributed by atoms with Crippen molar-refractivity contribution in [1.29, 1.82) is 0 Å². The lowest BCUT2D eigenvalue weighted by Gasteiger charge is -2.28. The number of ether oxygens (including phenoxy) is 1. The van der Waals surface area contributed by atoms with E-state index in [4.69, 9.17) is 0 Å². The Bertz CT molecular complexity index is 539. The van der Waals surface area contributed by atoms with Gasteiger partial charge in [0.05, 0.1) is 6.61 Å². The fourth-order valence-electron chi connectivity index (χ4n) is 1.66. The molecular weight excluding hydrogens is 292 g/mol. The molecular formula is C14H14F4O3. The van der Waals surface area contributed by atoms with Crippen LogP contribution in [0.1, 0.15) is 18.9 Å². The predicted octanol–water partition coefficient (Wildman–Crippen LogP) is 3.09. The van der Waals surface area contributed by atoms with Crippen LogP contribution >= 0.6 is 0 Å². The van der Waals surface area contributed by atoms with E-state index in [0.29, 0.717) is 0 Å². The van der Waals surface area contributed by atoms with Gasteiger partial charge in [-0.3, -0.25) is 0 Å². The van der Waals surface area contributed by atoms with Crippen LogP contribution < -0.4 is 0 Å². The molecule has 0 spiro atoms. The zero-order valence-electron chi connectivity index (χ0n) is 11.2. The van der Waals surface area contributed by atoms with Gasteiger partial charge in [-0.2, -0.15) is 13.2 Å². The van der Waals surface area contributed by atoms with Crippen LogP contribution in [0.15, 0.2) is 30.8 Å². The molecule has 21 heavy (non-hydrogen) atoms. The van der Waals surface area contributed by atoms with Crippen molar-refractivity contribution in [3.8, 4) is 0 Å². The smallest absolute Gasteiger partial charge is 0.428 e. The highest BCUT2D eigenvalue weighted by atomic mass is 19.4. The Morgan fingerprint density at radius 1 is 1.38 bits per heavy atom. The van der Waals surface area contributed by atoms with Gasteiger partial charge in [-0.05, 0) is 30.2 Å². The monoisotopic (exact) mass is 306 g/mol. The van der Waals surface area contributed by atoms with E-state index in [9.17, 15) is 27.5 Å². The largest absolute Gasteiger partial charge is 0.464 e. The molecule has 0 aromatic heterocycles. The third-order valence-electron chi connectivity index (χ3n) is 2.78. The molecule has 1 aromatic rings. The first-order valence-electron chi connectivity index (χ1n) is 6.02. The van der Waals surface area contributed by atoms with Gasteiger partial charge < -0.3 is 9.84 Å². The summed E-state index contributed by atoms with van der Waals surface area (Å²) in [6.45, 7) is 4.37. The molecule has 0 saturated heterocycles. The normalized spacial score (nSPS) is 14.4. The molecule has 1 atom stereocenters. The van der Waals surface area contributed by atoms with E-state index in [2.05, 4.69) is 11.3 Å². The van der Waals surface area contributed by atoms with Gasteiger partial charge in [-0.1, -0.05) is 18.7 Å². The number of halogens is 4. The van der Waals surface area contributed by atoms with Gasteiger partial charge in [0.25, 0.3) is 5.60 Å². The highest BCUT2D eigenvalue weighted by molar-refractivity contribution is 5.83. The molecule has 7 heteroatoms. The molecule has 116 valence electrons. The fourth-order valence-corrected chi connectivity index (χ4v) is 1.66. The summed E-state index contributed by atoms with van der Waals surface area (Å²) in [7, 11) is 0. The second-order valence-electron chi connectivity index (χ2n) is 4.37. The summed E-state index contributed by atoms with van der Waals surface area (Å²) in [5, 5.41) is 9.69. The second kappa shape index (κ2) is 6.26. The predicted molar refractivity (Wildman–Crippen MR) is 67.7 cm³/mol. The average Bonchev–Trinajstić information content (AvgIpc) is 2.37. The van der Waals surface area contributed by atoms with Crippen LogP contribution in [0, 0.1) is 5.82 Å². The Morgan fingerprint density at radius 3 is 2.48 bits per heavy atom. The van der Waals surface area contributed by atoms with Crippen LogP contribution in [0.4, 0.5) is 17.6 Å². The van der Waals surface area contributed by atoms with Gasteiger partial charge in [0.1, 0.15) is 5.82 Å². The number of carbonyl (C=O) groups is 1. The zero-order valence-corrected chi connectivity index (χ0v) is 11.2. The van der Waals surface area contributed by atoms with Gasteiger partial charge in [-0.25, -0.2) is 9.18 Å². The first-order chi connectivity index (χ1) is 9.61. The van der Waals surface area contributed by atoms with Crippen molar-refractivity contribution in [2.45, 2.75) is 25.1 Å². The summed E-state index contributed by atoms with van der Waals surface area (Å²) in [4.78, 5) is 11.4. The summed E-state index contributed by atoms with van der Waals surface area (Å²) in [5.41, 5.74) is -3.89. The quantitative estimate of drug-likeness (QED) is 0.672. The van der Waals surface area contributed by atoms with E-state index in [0.717, 1.165) is 12.1 Å². The Morgan fingerprint density at radius 2 is 2.00 bits per heavy atom. The molecule has 0 saturated carbocycles. The molecule has 0 bridgehead atoms. The number of aliphatic hydroxyl groups is 1. The maximum atomic E-state index is 13.1. The Balaban J connectivity index is 3.08. The lowest BCUT2D eigenvalue weighted by molar-refractivity contribution is -0.260. The van der Waals surface area contributed by atoms with Crippen molar-refractivity contribution >= 4 is 11.5 Å². The van der Waals surface area contributed by atoms with E-state index >= 15 is 0 Å². The second-order valence-corrected chi connectivity index (χ2v) is 4.37. The lowest BCUT2D eigenvalue weighted by atomic mass is 9.91. The highest BCUT2D eigenvalue weighted by Crippen LogP contribution is 2.38. The van der Waals surface area contributed by atoms with Crippen molar-refractivity contribution in [3.05, 3.63) is 42.2 Å². The minimum absolute atomic E-state index is 0.0574. The van der Waals surface area contributed by atoms with Crippen LogP contribution in [-0.2, 0) is 9.53 Å². The standard InChI is InChI=1S/C14H14F4O3/c1-3-21-12(19)13(20,14(16,17)18)8-9(2)10-5-4-6-11(15)7-10/h4-7,20H,2-3,8H2,1H3/t13-/m1/s1. The van der Waals surface area contributed by atoms with Crippen molar-refractivity contribution in [2.75, 3.05) is 6.61 Å². The first-order valence-corrected chi connectivity index (χ1v) is 6.02. The molecule has 0 fully saturated rings.